The molecule has 0 unspecified atom stereocenters. The predicted octanol–water partition coefficient (Wildman–Crippen LogP) is 29.1. The third-order valence-electron chi connectivity index (χ3n) is 25.4. The van der Waals surface area contributed by atoms with Crippen LogP contribution in [0.2, 0.25) is 0 Å². The quantitative estimate of drug-likeness (QED) is 0.165. The van der Waals surface area contributed by atoms with Crippen LogP contribution in [0.3, 0.4) is 0 Å². The Balaban J connectivity index is 0.0000000878. The fraction of sp³-hybridized carbons (Fsp3) is 0.0526. The van der Waals surface area contributed by atoms with Gasteiger partial charge in [-0.15, -0.1) is 22.7 Å². The minimum atomic E-state index is 0.753. The monoisotopic (exact) mass is 1770 g/mol. The second-order valence-electron chi connectivity index (χ2n) is 34.0. The summed E-state index contributed by atoms with van der Waals surface area (Å²) >= 11 is 3.62. The largest absolute Gasteiger partial charge is 0.454 e. The van der Waals surface area contributed by atoms with Crippen molar-refractivity contribution in [3.8, 4) is 23.0 Å². The number of thiophene rings is 2. The number of imidazole rings is 8. The van der Waals surface area contributed by atoms with Crippen LogP contribution < -0.4 is 0 Å². The lowest BCUT2D eigenvalue weighted by Gasteiger charge is -2.06. The second-order valence-corrected chi connectivity index (χ2v) is 36.1. The Hall–Kier alpha value is -17.2. The fourth-order valence-electron chi connectivity index (χ4n) is 19.3. The van der Waals surface area contributed by atoms with Crippen molar-refractivity contribution in [2.45, 2.75) is 41.5 Å². The van der Waals surface area contributed by atoms with Crippen LogP contribution in [0.4, 0.5) is 0 Å². The smallest absolute Gasteiger partial charge is 0.222 e. The van der Waals surface area contributed by atoms with Crippen LogP contribution in [0, 0.1) is 41.5 Å². The number of hydrogen-bond donors (Lipinski definition) is 0. The van der Waals surface area contributed by atoms with Gasteiger partial charge in [-0.2, -0.15) is 0 Å². The van der Waals surface area contributed by atoms with Gasteiger partial charge in [0.2, 0.25) is 23.1 Å². The molecule has 0 fully saturated rings. The maximum Gasteiger partial charge on any atom is 0.222 e. The molecule has 134 heavy (non-hydrogen) atoms. The minimum Gasteiger partial charge on any atom is -0.454 e. The molecule has 30 rings (SSSR count). The molecule has 0 saturated carbocycles. The number of nitrogens with zero attached hydrogens (tertiary/aromatic N) is 16. The van der Waals surface area contributed by atoms with E-state index in [0.717, 1.165) is 151 Å². The number of benzene rings is 14. The molecule has 0 radical (unpaired) electrons. The normalized spacial score (nSPS) is 11.8. The molecular formula is C114H80N16O2S2. The molecule has 30 aromatic rings. The first-order chi connectivity index (χ1) is 66.0. The lowest BCUT2D eigenvalue weighted by molar-refractivity contribution is 0.663. The number of para-hydroxylation sites is 13. The van der Waals surface area contributed by atoms with Gasteiger partial charge in [0.15, 0.2) is 22.8 Å². The number of aryl methyl sites for hydroxylation is 6. The van der Waals surface area contributed by atoms with Gasteiger partial charge >= 0.3 is 0 Å². The summed E-state index contributed by atoms with van der Waals surface area (Å²) in [7, 11) is 0. The summed E-state index contributed by atoms with van der Waals surface area (Å²) in [5.74, 6) is 5.33. The number of aromatic nitrogens is 16. The molecular weight excluding hydrogens is 1690 g/mol. The highest BCUT2D eigenvalue weighted by Crippen LogP contribution is 2.43. The van der Waals surface area contributed by atoms with Crippen molar-refractivity contribution < 1.29 is 8.83 Å². The lowest BCUT2D eigenvalue weighted by Crippen LogP contribution is -1.98. The van der Waals surface area contributed by atoms with Crippen LogP contribution in [-0.4, -0.2) is 75.7 Å². The Bertz CT molecular complexity index is 9560. The molecule has 14 aromatic carbocycles. The molecule has 20 heteroatoms. The Morgan fingerprint density at radius 1 is 0.239 bits per heavy atom. The number of fused-ring (bicyclic) bond motifs is 32. The third kappa shape index (κ3) is 13.0. The van der Waals surface area contributed by atoms with Gasteiger partial charge in [0.1, 0.15) is 11.2 Å². The average molecular weight is 1770 g/mol. The highest BCUT2D eigenvalue weighted by molar-refractivity contribution is 7.26. The predicted molar refractivity (Wildman–Crippen MR) is 551 cm³/mol. The Labute approximate surface area is 772 Å². The maximum absolute atomic E-state index is 6.28. The van der Waals surface area contributed by atoms with Crippen molar-refractivity contribution in [3.05, 3.63) is 410 Å². The zero-order chi connectivity index (χ0) is 89.5. The van der Waals surface area contributed by atoms with Crippen LogP contribution in [0.1, 0.15) is 33.4 Å². The standard InChI is InChI=1S/C25H16N4O.C25H16N4S.2C20H15N3.C12H9NO.C12H9NS/c2*1-15-10-11-20-21(14-15)28-19-8-4-3-7-18(19)27-25(28)29(20)24-23-17(12-13-26-24)16-6-2-5-9-22(16)30-23;1-14-7-6-8-15(13-14)22-18-11-4-5-12-19(18)23-17-10-3-2-9-16(17)21-20(22)23;1-14-11-12-18-19(13-14)23-17-10-6-5-9-16(17)21-20(23)22(18)15-7-3-2-4-8-15;2*1-8-3-2-4-10-9-5-6-13-7-11(9)14-12(8)10/h2*2-14H,1H3;2*2-13H,1H3;2*2-7H,1H3. The van der Waals surface area contributed by atoms with E-state index in [9.17, 15) is 0 Å². The third-order valence-corrected chi connectivity index (χ3v) is 27.9. The van der Waals surface area contributed by atoms with E-state index >= 15 is 0 Å². The van der Waals surface area contributed by atoms with E-state index in [-0.39, 0.29) is 0 Å². The molecule has 16 heterocycles. The molecule has 0 atom stereocenters. The Morgan fingerprint density at radius 3 is 1.25 bits per heavy atom. The summed E-state index contributed by atoms with van der Waals surface area (Å²) < 4.78 is 34.9. The van der Waals surface area contributed by atoms with Crippen molar-refractivity contribution in [2.75, 3.05) is 0 Å². The number of furan rings is 2. The topological polar surface area (TPSA) is 167 Å². The molecule has 0 aliphatic carbocycles. The van der Waals surface area contributed by atoms with Gasteiger partial charge < -0.3 is 8.83 Å². The molecule has 0 saturated heterocycles. The van der Waals surface area contributed by atoms with Gasteiger partial charge in [0, 0.05) is 94.8 Å². The maximum atomic E-state index is 6.28. The van der Waals surface area contributed by atoms with Crippen LogP contribution in [0.25, 0.3) is 219 Å². The van der Waals surface area contributed by atoms with Crippen LogP contribution in [0.5, 0.6) is 0 Å². The van der Waals surface area contributed by atoms with E-state index in [1.807, 2.05) is 115 Å². The molecule has 0 amide bonds. The van der Waals surface area contributed by atoms with Gasteiger partial charge in [-0.05, 0) is 233 Å². The van der Waals surface area contributed by atoms with E-state index in [1.165, 1.54) is 101 Å². The summed E-state index contributed by atoms with van der Waals surface area (Å²) in [5.41, 5.74) is 30.8. The van der Waals surface area contributed by atoms with E-state index in [4.69, 9.17) is 38.7 Å². The molecule has 0 aliphatic heterocycles. The molecule has 18 nitrogen and oxygen atoms in total. The highest BCUT2D eigenvalue weighted by Gasteiger charge is 2.26. The molecule has 0 spiro atoms. The van der Waals surface area contributed by atoms with Crippen LogP contribution >= 0.6 is 22.7 Å². The Kier molecular flexibility index (Phi) is 18.8. The first-order valence-corrected chi connectivity index (χ1v) is 46.2. The van der Waals surface area contributed by atoms with Crippen molar-refractivity contribution in [3.63, 3.8) is 0 Å². The number of rotatable bonds is 4. The summed E-state index contributed by atoms with van der Waals surface area (Å²) in [4.78, 5) is 37.5. The first kappa shape index (κ1) is 79.0. The number of hydrogen-bond acceptors (Lipinski definition) is 12. The van der Waals surface area contributed by atoms with Gasteiger partial charge in [-0.25, -0.2) is 29.9 Å². The van der Waals surface area contributed by atoms with E-state index < -0.39 is 0 Å². The van der Waals surface area contributed by atoms with Gasteiger partial charge in [-0.3, -0.25) is 45.8 Å². The molecule has 16 aromatic heterocycles. The SMILES string of the molecule is Cc1ccc2c(c1)n1c3ccccc3nc1n2-c1ccccc1.Cc1ccc2c(c1)n1c3ccccc3nc1n2-c1nccc2c1oc1ccccc12.Cc1ccc2c(c1)n1c3ccccc3nc1n2-c1nccc2c1sc1ccccc12.Cc1cccc(-n2c3ccccc3n3c4ccccc4nc23)c1.Cc1cccc2c1oc1cnccc12.Cc1cccc2c1sc1cnccc12. The van der Waals surface area contributed by atoms with Crippen molar-refractivity contribution in [1.82, 2.24) is 75.7 Å². The van der Waals surface area contributed by atoms with Gasteiger partial charge in [-0.1, -0.05) is 182 Å². The van der Waals surface area contributed by atoms with Crippen molar-refractivity contribution in [1.29, 1.82) is 0 Å². The number of pyridine rings is 4. The minimum absolute atomic E-state index is 0.753. The summed E-state index contributed by atoms with van der Waals surface area (Å²) in [6.07, 6.45) is 11.1. The molecule has 0 N–H and O–H groups in total. The fourth-order valence-corrected chi connectivity index (χ4v) is 21.7. The first-order valence-electron chi connectivity index (χ1n) is 44.6. The highest BCUT2D eigenvalue weighted by atomic mass is 32.1. The second kappa shape index (κ2) is 31.9. The molecule has 640 valence electrons. The van der Waals surface area contributed by atoms with Crippen LogP contribution in [-0.2, 0) is 0 Å². The molecule has 0 bridgehead atoms. The van der Waals surface area contributed by atoms with E-state index in [0.29, 0.717) is 0 Å². The van der Waals surface area contributed by atoms with E-state index in [1.54, 1.807) is 23.7 Å². The van der Waals surface area contributed by atoms with E-state index in [2.05, 4.69) is 348 Å². The zero-order valence-corrected chi connectivity index (χ0v) is 75.2. The average Bonchev–Trinajstić information content (AvgIpc) is 1.56. The Morgan fingerprint density at radius 2 is 0.634 bits per heavy atom. The zero-order valence-electron chi connectivity index (χ0n) is 73.6. The molecule has 0 aliphatic rings. The summed E-state index contributed by atoms with van der Waals surface area (Å²) in [6, 6.07) is 118. The van der Waals surface area contributed by atoms with Crippen LogP contribution in [0.15, 0.2) is 386 Å². The van der Waals surface area contributed by atoms with Crippen molar-refractivity contribution >= 4 is 218 Å². The van der Waals surface area contributed by atoms with Crippen molar-refractivity contribution in [2.24, 2.45) is 0 Å². The van der Waals surface area contributed by atoms with Gasteiger partial charge in [0.05, 0.1) is 104 Å². The van der Waals surface area contributed by atoms with Gasteiger partial charge in [0.25, 0.3) is 0 Å². The summed E-state index contributed by atoms with van der Waals surface area (Å²) in [5, 5.41) is 9.64. The summed E-state index contributed by atoms with van der Waals surface area (Å²) in [6.45, 7) is 12.7. The lowest BCUT2D eigenvalue weighted by atomic mass is 10.1.